The van der Waals surface area contributed by atoms with Gasteiger partial charge in [-0.2, -0.15) is 0 Å². The van der Waals surface area contributed by atoms with E-state index in [0.717, 1.165) is 88.1 Å². The molecule has 0 atom stereocenters. The molecule has 9 rings (SSSR count). The van der Waals surface area contributed by atoms with E-state index in [9.17, 15) is 14.0 Å². The number of carbonyl (C=O) groups excluding carboxylic acids is 2. The molecule has 0 radical (unpaired) electrons. The van der Waals surface area contributed by atoms with E-state index >= 15 is 0 Å². The number of thiophene rings is 1. The van der Waals surface area contributed by atoms with Crippen molar-refractivity contribution in [2.45, 2.75) is 46.0 Å². The minimum Gasteiger partial charge on any atom is -0.381 e. The van der Waals surface area contributed by atoms with Gasteiger partial charge in [-0.25, -0.2) is 9.37 Å². The van der Waals surface area contributed by atoms with Crippen LogP contribution in [0.15, 0.2) is 85.2 Å². The molecule has 268 valence electrons. The summed E-state index contributed by atoms with van der Waals surface area (Å²) in [7, 11) is 0. The number of benzene rings is 3. The van der Waals surface area contributed by atoms with Crippen molar-refractivity contribution >= 4 is 45.4 Å². The lowest BCUT2D eigenvalue weighted by Gasteiger charge is -2.53. The molecule has 3 aliphatic rings. The van der Waals surface area contributed by atoms with Gasteiger partial charge in [-0.15, -0.1) is 11.3 Å². The Morgan fingerprint density at radius 2 is 1.75 bits per heavy atom. The van der Waals surface area contributed by atoms with Gasteiger partial charge in [0, 0.05) is 94.4 Å². The van der Waals surface area contributed by atoms with Crippen molar-refractivity contribution in [3.8, 4) is 20.9 Å². The number of pyridine rings is 1. The van der Waals surface area contributed by atoms with Gasteiger partial charge in [-0.3, -0.25) is 9.59 Å². The van der Waals surface area contributed by atoms with Crippen molar-refractivity contribution in [2.75, 3.05) is 42.6 Å². The van der Waals surface area contributed by atoms with Crippen molar-refractivity contribution in [3.05, 3.63) is 124 Å². The molecular weight excluding hydrogens is 684 g/mol. The number of rotatable bonds is 7. The molecule has 3 aromatic carbocycles. The largest absolute Gasteiger partial charge is 0.381 e. The quantitative estimate of drug-likeness (QED) is 0.166. The van der Waals surface area contributed by atoms with E-state index in [0.29, 0.717) is 42.6 Å². The molecule has 9 heteroatoms. The molecule has 2 saturated heterocycles. The first kappa shape index (κ1) is 33.7. The van der Waals surface area contributed by atoms with Crippen molar-refractivity contribution in [1.29, 1.82) is 0 Å². The number of aryl methyl sites for hydroxylation is 3. The maximum Gasteiger partial charge on any atom is 0.258 e. The Morgan fingerprint density at radius 3 is 2.57 bits per heavy atom. The molecule has 2 fully saturated rings. The Hall–Kier alpha value is -5.12. The molecule has 1 amide bonds. The number of ether oxygens (including phenoxy) is 1. The van der Waals surface area contributed by atoms with Crippen LogP contribution < -0.4 is 9.80 Å². The zero-order valence-electron chi connectivity index (χ0n) is 30.0. The van der Waals surface area contributed by atoms with Gasteiger partial charge in [-0.1, -0.05) is 23.8 Å². The van der Waals surface area contributed by atoms with E-state index < -0.39 is 0 Å². The third kappa shape index (κ3) is 6.25. The van der Waals surface area contributed by atoms with Gasteiger partial charge in [0.1, 0.15) is 11.6 Å². The Labute approximate surface area is 312 Å². The van der Waals surface area contributed by atoms with Crippen LogP contribution in [0.25, 0.3) is 31.8 Å². The second-order valence-electron chi connectivity index (χ2n) is 15.1. The van der Waals surface area contributed by atoms with Crippen molar-refractivity contribution in [3.63, 3.8) is 0 Å². The van der Waals surface area contributed by atoms with Gasteiger partial charge >= 0.3 is 0 Å². The molecule has 53 heavy (non-hydrogen) atoms. The highest BCUT2D eigenvalue weighted by molar-refractivity contribution is 7.19. The highest BCUT2D eigenvalue weighted by Gasteiger charge is 2.45. The second-order valence-corrected chi connectivity index (χ2v) is 16.1. The van der Waals surface area contributed by atoms with Gasteiger partial charge in [-0.05, 0) is 111 Å². The molecule has 3 aliphatic heterocycles. The van der Waals surface area contributed by atoms with E-state index in [1.807, 2.05) is 43.5 Å². The summed E-state index contributed by atoms with van der Waals surface area (Å²) in [5.41, 5.74) is 9.48. The number of ketones is 1. The molecule has 6 aromatic rings. The van der Waals surface area contributed by atoms with E-state index in [4.69, 9.17) is 9.72 Å². The third-order valence-corrected chi connectivity index (χ3v) is 12.6. The molecule has 3 aromatic heterocycles. The molecule has 0 aliphatic carbocycles. The molecule has 1 N–H and O–H groups in total. The highest BCUT2D eigenvalue weighted by atomic mass is 32.1. The fraction of sp³-hybridized carbons (Fsp3) is 0.295. The fourth-order valence-corrected chi connectivity index (χ4v) is 9.59. The molecule has 0 bridgehead atoms. The number of aromatic amines is 1. The van der Waals surface area contributed by atoms with Crippen LogP contribution in [0.5, 0.6) is 0 Å². The lowest BCUT2D eigenvalue weighted by atomic mass is 9.73. The van der Waals surface area contributed by atoms with E-state index in [-0.39, 0.29) is 22.9 Å². The summed E-state index contributed by atoms with van der Waals surface area (Å²) in [6.07, 6.45) is 7.57. The van der Waals surface area contributed by atoms with Crippen LogP contribution in [0.1, 0.15) is 62.2 Å². The zero-order valence-corrected chi connectivity index (χ0v) is 30.8. The minimum absolute atomic E-state index is 0.0721. The van der Waals surface area contributed by atoms with E-state index in [1.165, 1.54) is 23.1 Å². The number of nitrogens with one attached hydrogen (secondary N) is 1. The van der Waals surface area contributed by atoms with Crippen LogP contribution in [0.2, 0.25) is 0 Å². The zero-order chi connectivity index (χ0) is 36.3. The maximum atomic E-state index is 14.8. The highest BCUT2D eigenvalue weighted by Crippen LogP contribution is 2.46. The molecule has 6 heterocycles. The van der Waals surface area contributed by atoms with Crippen LogP contribution in [0.4, 0.5) is 15.9 Å². The summed E-state index contributed by atoms with van der Waals surface area (Å²) in [6.45, 7) is 7.93. The lowest BCUT2D eigenvalue weighted by molar-refractivity contribution is -0.000515. The molecule has 7 nitrogen and oxygen atoms in total. The topological polar surface area (TPSA) is 78.5 Å². The minimum atomic E-state index is -0.377. The van der Waals surface area contributed by atoms with Gasteiger partial charge in [0.15, 0.2) is 5.78 Å². The molecule has 0 saturated carbocycles. The fourth-order valence-electron chi connectivity index (χ4n) is 8.31. The first-order chi connectivity index (χ1) is 25.7. The smallest absolute Gasteiger partial charge is 0.258 e. The molecular formula is C44H41FN4O3S. The maximum absolute atomic E-state index is 14.8. The van der Waals surface area contributed by atoms with Crippen molar-refractivity contribution in [2.24, 2.45) is 5.41 Å². The number of nitrogens with zero attached hydrogens (tertiary/aromatic N) is 3. The van der Waals surface area contributed by atoms with Crippen LogP contribution >= 0.6 is 11.3 Å². The summed E-state index contributed by atoms with van der Waals surface area (Å²) in [5, 5.41) is 1.18. The number of hydrogen-bond donors (Lipinski definition) is 1. The number of H-pyrrole nitrogens is 1. The number of aromatic nitrogens is 2. The van der Waals surface area contributed by atoms with Gasteiger partial charge < -0.3 is 19.5 Å². The van der Waals surface area contributed by atoms with Gasteiger partial charge in [0.05, 0.1) is 11.3 Å². The van der Waals surface area contributed by atoms with Gasteiger partial charge in [0.2, 0.25) is 0 Å². The van der Waals surface area contributed by atoms with Crippen LogP contribution in [0, 0.1) is 25.1 Å². The van der Waals surface area contributed by atoms with Crippen LogP contribution in [-0.2, 0) is 17.6 Å². The van der Waals surface area contributed by atoms with Crippen molar-refractivity contribution < 1.29 is 18.7 Å². The Kier molecular flexibility index (Phi) is 8.51. The number of Topliss-reactive ketones (excluding diaryl/α,β-unsaturated/α-hetero) is 1. The first-order valence-corrected chi connectivity index (χ1v) is 19.3. The monoisotopic (exact) mass is 724 g/mol. The summed E-state index contributed by atoms with van der Waals surface area (Å²) in [6, 6.07) is 22.9. The Morgan fingerprint density at radius 1 is 0.943 bits per heavy atom. The molecule has 0 unspecified atom stereocenters. The Bertz CT molecular complexity index is 2380. The van der Waals surface area contributed by atoms with Crippen LogP contribution in [0.3, 0.4) is 0 Å². The molecule has 1 spiro atoms. The van der Waals surface area contributed by atoms with E-state index in [2.05, 4.69) is 47.3 Å². The lowest BCUT2D eigenvalue weighted by Crippen LogP contribution is -2.59. The average molecular weight is 725 g/mol. The van der Waals surface area contributed by atoms with E-state index in [1.54, 1.807) is 22.3 Å². The summed E-state index contributed by atoms with van der Waals surface area (Å²) in [4.78, 5) is 42.0. The van der Waals surface area contributed by atoms with Gasteiger partial charge in [0.25, 0.3) is 5.91 Å². The third-order valence-electron chi connectivity index (χ3n) is 11.3. The average Bonchev–Trinajstić information content (AvgIpc) is 3.74. The summed E-state index contributed by atoms with van der Waals surface area (Å²) in [5.74, 6) is 0.307. The second kappa shape index (κ2) is 13.4. The number of halogens is 1. The first-order valence-electron chi connectivity index (χ1n) is 18.5. The summed E-state index contributed by atoms with van der Waals surface area (Å²) < 4.78 is 20.4. The van der Waals surface area contributed by atoms with Crippen molar-refractivity contribution in [1.82, 2.24) is 9.97 Å². The Balaban J connectivity index is 0.911. The summed E-state index contributed by atoms with van der Waals surface area (Å²) >= 11 is 1.69. The normalized spacial score (nSPS) is 16.3. The van der Waals surface area contributed by atoms with Crippen LogP contribution in [-0.4, -0.2) is 54.5 Å². The standard InChI is InChI=1S/C44H41FN4O3S/c1-27-3-11-37-34(19-27)36(24-46-37)40-21-31-13-16-49(38-22-32(45)9-10-33(38)41(31)53-40)43(51)30-7-4-29(5-8-30)6-12-39(50)35-20-28(2)23-47-42(35)48-25-44(26-48)14-17-52-18-15-44/h3-5,7-11,19-24,46H,6,12-18,25-26H2,1-2H3. The SMILES string of the molecule is Cc1cnc(N2CC3(CCOCC3)C2)c(C(=O)CCc2ccc(C(=O)N3CCc4cc(-c5c[nH]c6ccc(C)cc56)sc4-c4ccc(F)cc43)cc2)c1. The number of fused-ring (bicyclic) bond motifs is 4. The number of amides is 1. The number of anilines is 2. The predicted molar refractivity (Wildman–Crippen MR) is 210 cm³/mol. The number of hydrogen-bond acceptors (Lipinski definition) is 6. The predicted octanol–water partition coefficient (Wildman–Crippen LogP) is 9.35. The number of carbonyl (C=O) groups is 2.